The van der Waals surface area contributed by atoms with Crippen LogP contribution < -0.4 is 5.73 Å². The number of carbonyl (C=O) groups excluding carboxylic acids is 1. The van der Waals surface area contributed by atoms with E-state index in [2.05, 4.69) is 4.98 Å². The predicted molar refractivity (Wildman–Crippen MR) is 66.3 cm³/mol. The summed E-state index contributed by atoms with van der Waals surface area (Å²) in [5, 5.41) is 11.4. The van der Waals surface area contributed by atoms with Crippen molar-refractivity contribution in [3.8, 4) is 0 Å². The van der Waals surface area contributed by atoms with Crippen molar-refractivity contribution >= 4 is 23.2 Å². The molecule has 3 N–H and O–H groups in total. The van der Waals surface area contributed by atoms with Crippen molar-refractivity contribution in [3.63, 3.8) is 0 Å². The van der Waals surface area contributed by atoms with E-state index < -0.39 is 12.0 Å². The molecular weight excluding hydrogens is 254 g/mol. The van der Waals surface area contributed by atoms with Gasteiger partial charge in [0, 0.05) is 18.5 Å². The van der Waals surface area contributed by atoms with Gasteiger partial charge in [-0.2, -0.15) is 0 Å². The molecule has 0 aliphatic carbocycles. The zero-order valence-corrected chi connectivity index (χ0v) is 10.7. The van der Waals surface area contributed by atoms with Crippen molar-refractivity contribution < 1.29 is 14.7 Å². The van der Waals surface area contributed by atoms with Crippen LogP contribution in [0, 0.1) is 0 Å². The number of carboxylic acids is 1. The molecule has 1 amide bonds. The minimum absolute atomic E-state index is 0.292. The molecule has 98 valence electrons. The number of thiazole rings is 1. The van der Waals surface area contributed by atoms with Crippen LogP contribution in [0.2, 0.25) is 0 Å². The van der Waals surface area contributed by atoms with Gasteiger partial charge in [-0.15, -0.1) is 11.3 Å². The van der Waals surface area contributed by atoms with Crippen molar-refractivity contribution in [3.05, 3.63) is 16.1 Å². The number of amides is 1. The molecule has 0 aromatic carbocycles. The van der Waals surface area contributed by atoms with Crippen LogP contribution in [0.4, 0.5) is 0 Å². The molecule has 1 aromatic rings. The van der Waals surface area contributed by atoms with Crippen molar-refractivity contribution in [1.29, 1.82) is 0 Å². The van der Waals surface area contributed by atoms with Gasteiger partial charge in [0.2, 0.25) is 0 Å². The maximum atomic E-state index is 12.2. The summed E-state index contributed by atoms with van der Waals surface area (Å²) in [6, 6.07) is -0.728. The number of carbonyl (C=O) groups is 2. The van der Waals surface area contributed by atoms with E-state index in [1.54, 1.807) is 5.38 Å². The van der Waals surface area contributed by atoms with Crippen molar-refractivity contribution in [1.82, 2.24) is 9.88 Å². The summed E-state index contributed by atoms with van der Waals surface area (Å²) in [7, 11) is 0. The van der Waals surface area contributed by atoms with Gasteiger partial charge in [-0.25, -0.2) is 9.78 Å². The van der Waals surface area contributed by atoms with E-state index in [9.17, 15) is 9.59 Å². The lowest BCUT2D eigenvalue weighted by atomic mass is 10.0. The molecule has 1 fully saturated rings. The van der Waals surface area contributed by atoms with Gasteiger partial charge in [0.1, 0.15) is 16.7 Å². The number of carboxylic acid groups (broad SMARTS) is 1. The summed E-state index contributed by atoms with van der Waals surface area (Å²) in [6.07, 6.45) is 2.18. The van der Waals surface area contributed by atoms with E-state index in [0.717, 1.165) is 12.8 Å². The maximum absolute atomic E-state index is 12.2. The van der Waals surface area contributed by atoms with Gasteiger partial charge >= 0.3 is 5.97 Å². The maximum Gasteiger partial charge on any atom is 0.326 e. The Hall–Kier alpha value is -1.47. The Balaban J connectivity index is 2.17. The Morgan fingerprint density at radius 3 is 2.94 bits per heavy atom. The van der Waals surface area contributed by atoms with E-state index in [1.807, 2.05) is 0 Å². The highest BCUT2D eigenvalue weighted by atomic mass is 32.1. The summed E-state index contributed by atoms with van der Waals surface area (Å²) in [5.41, 5.74) is 5.75. The van der Waals surface area contributed by atoms with Gasteiger partial charge in [-0.3, -0.25) is 4.79 Å². The van der Waals surface area contributed by atoms with E-state index in [1.165, 1.54) is 16.2 Å². The van der Waals surface area contributed by atoms with Gasteiger partial charge in [-0.05, 0) is 19.3 Å². The summed E-state index contributed by atoms with van der Waals surface area (Å²) in [5.74, 6) is -1.25. The first-order valence-electron chi connectivity index (χ1n) is 5.81. The topological polar surface area (TPSA) is 96.5 Å². The first-order valence-corrected chi connectivity index (χ1v) is 6.69. The van der Waals surface area contributed by atoms with E-state index in [0.29, 0.717) is 30.2 Å². The number of rotatable bonds is 3. The smallest absolute Gasteiger partial charge is 0.326 e. The standard InChI is InChI=1S/C11H15N3O3S/c12-5-9-13-7(6-18-9)10(15)14-4-2-1-3-8(14)11(16)17/h6,8H,1-5,12H2,(H,16,17)/t8-/m0/s1. The highest BCUT2D eigenvalue weighted by molar-refractivity contribution is 7.09. The fraction of sp³-hybridized carbons (Fsp3) is 0.545. The van der Waals surface area contributed by atoms with E-state index in [-0.39, 0.29) is 5.91 Å². The average molecular weight is 269 g/mol. The molecule has 0 bridgehead atoms. The lowest BCUT2D eigenvalue weighted by Crippen LogP contribution is -2.48. The van der Waals surface area contributed by atoms with Crippen LogP contribution in [0.1, 0.15) is 34.8 Å². The van der Waals surface area contributed by atoms with Crippen molar-refractivity contribution in [2.75, 3.05) is 6.54 Å². The highest BCUT2D eigenvalue weighted by Gasteiger charge is 2.33. The lowest BCUT2D eigenvalue weighted by Gasteiger charge is -2.32. The molecule has 0 unspecified atom stereocenters. The summed E-state index contributed by atoms with van der Waals surface area (Å²) >= 11 is 1.32. The molecule has 1 saturated heterocycles. The lowest BCUT2D eigenvalue weighted by molar-refractivity contribution is -0.143. The zero-order chi connectivity index (χ0) is 13.1. The van der Waals surface area contributed by atoms with Crippen LogP contribution in [0.5, 0.6) is 0 Å². The molecule has 1 atom stereocenters. The number of aromatic nitrogens is 1. The number of nitrogens with zero attached hydrogens (tertiary/aromatic N) is 2. The summed E-state index contributed by atoms with van der Waals surface area (Å²) in [6.45, 7) is 0.769. The quantitative estimate of drug-likeness (QED) is 0.841. The SMILES string of the molecule is NCc1nc(C(=O)N2CCCC[C@H]2C(=O)O)cs1. The van der Waals surface area contributed by atoms with E-state index in [4.69, 9.17) is 10.8 Å². The number of hydrogen-bond donors (Lipinski definition) is 2. The number of aliphatic carboxylic acids is 1. The Morgan fingerprint density at radius 1 is 1.56 bits per heavy atom. The summed E-state index contributed by atoms with van der Waals surface area (Å²) < 4.78 is 0. The van der Waals surface area contributed by atoms with Crippen molar-refractivity contribution in [2.45, 2.75) is 31.8 Å². The molecule has 0 saturated carbocycles. The Bertz CT molecular complexity index is 460. The van der Waals surface area contributed by atoms with Gasteiger partial charge in [0.25, 0.3) is 5.91 Å². The van der Waals surface area contributed by atoms with Gasteiger partial charge in [0.05, 0.1) is 0 Å². The predicted octanol–water partition coefficient (Wildman–Crippen LogP) is 0.681. The molecule has 0 radical (unpaired) electrons. The van der Waals surface area contributed by atoms with Crippen molar-refractivity contribution in [2.24, 2.45) is 5.73 Å². The fourth-order valence-corrected chi connectivity index (χ4v) is 2.73. The van der Waals surface area contributed by atoms with Gasteiger partial charge < -0.3 is 15.7 Å². The number of likely N-dealkylation sites (tertiary alicyclic amines) is 1. The minimum atomic E-state index is -0.947. The fourth-order valence-electron chi connectivity index (χ4n) is 2.08. The molecule has 1 aliphatic heterocycles. The number of nitrogens with two attached hydrogens (primary N) is 1. The van der Waals surface area contributed by atoms with Crippen LogP contribution in [-0.2, 0) is 11.3 Å². The van der Waals surface area contributed by atoms with Crippen LogP contribution in [0.15, 0.2) is 5.38 Å². The zero-order valence-electron chi connectivity index (χ0n) is 9.83. The molecule has 1 aliphatic rings. The van der Waals surface area contributed by atoms with Gasteiger partial charge in [0.15, 0.2) is 0 Å². The molecule has 18 heavy (non-hydrogen) atoms. The Morgan fingerprint density at radius 2 is 2.33 bits per heavy atom. The van der Waals surface area contributed by atoms with Gasteiger partial charge in [-0.1, -0.05) is 0 Å². The largest absolute Gasteiger partial charge is 0.480 e. The van der Waals surface area contributed by atoms with Crippen LogP contribution in [0.25, 0.3) is 0 Å². The molecule has 2 rings (SSSR count). The van der Waals surface area contributed by atoms with Crippen LogP contribution in [0.3, 0.4) is 0 Å². The molecule has 6 nitrogen and oxygen atoms in total. The second kappa shape index (κ2) is 5.45. The van der Waals surface area contributed by atoms with Crippen LogP contribution in [-0.4, -0.2) is 39.5 Å². The molecule has 1 aromatic heterocycles. The van der Waals surface area contributed by atoms with E-state index >= 15 is 0 Å². The monoisotopic (exact) mass is 269 g/mol. The van der Waals surface area contributed by atoms with Crippen LogP contribution >= 0.6 is 11.3 Å². The third kappa shape index (κ3) is 2.51. The minimum Gasteiger partial charge on any atom is -0.480 e. The Kier molecular flexibility index (Phi) is 3.93. The molecule has 2 heterocycles. The second-order valence-corrected chi connectivity index (χ2v) is 5.12. The first kappa shape index (κ1) is 13.0. The highest BCUT2D eigenvalue weighted by Crippen LogP contribution is 2.20. The number of hydrogen-bond acceptors (Lipinski definition) is 5. The Labute approximate surface area is 108 Å². The second-order valence-electron chi connectivity index (χ2n) is 4.18. The normalized spacial score (nSPS) is 19.8. The third-order valence-electron chi connectivity index (χ3n) is 2.99. The molecule has 0 spiro atoms. The number of piperidine rings is 1. The first-order chi connectivity index (χ1) is 8.63. The average Bonchev–Trinajstić information content (AvgIpc) is 2.86. The molecule has 7 heteroatoms. The third-order valence-corrected chi connectivity index (χ3v) is 3.87. The molecular formula is C11H15N3O3S. The summed E-state index contributed by atoms with van der Waals surface area (Å²) in [4.78, 5) is 28.9.